The molecule has 2 rings (SSSR count). The summed E-state index contributed by atoms with van der Waals surface area (Å²) in [5.41, 5.74) is 3.62. The minimum atomic E-state index is -0.967. The molecule has 104 valence electrons. The Morgan fingerprint density at radius 2 is 1.68 bits per heavy atom. The van der Waals surface area contributed by atoms with Gasteiger partial charge in [0, 0.05) is 44.3 Å². The smallest absolute Gasteiger partial charge is 0.282 e. The van der Waals surface area contributed by atoms with E-state index in [1.165, 1.54) is 16.6 Å². The zero-order valence-corrected chi connectivity index (χ0v) is 11.9. The van der Waals surface area contributed by atoms with Crippen molar-refractivity contribution in [3.05, 3.63) is 35.5 Å². The van der Waals surface area contributed by atoms with Crippen molar-refractivity contribution < 1.29 is 14.2 Å². The highest BCUT2D eigenvalue weighted by molar-refractivity contribution is 5.84. The molecular formula is C15H21NO3. The first-order chi connectivity index (χ1) is 9.15. The topological polar surface area (TPSA) is 43.5 Å². The molecule has 0 atom stereocenters. The second-order valence-corrected chi connectivity index (χ2v) is 4.57. The first kappa shape index (κ1) is 14.1. The van der Waals surface area contributed by atoms with Crippen LogP contribution in [0.2, 0.25) is 0 Å². The van der Waals surface area contributed by atoms with Crippen LogP contribution in [0.25, 0.3) is 10.9 Å². The summed E-state index contributed by atoms with van der Waals surface area (Å²) in [6.45, 7) is 2.09. The first-order valence-corrected chi connectivity index (χ1v) is 6.37. The number of hydrogen-bond acceptors (Lipinski definition) is 3. The summed E-state index contributed by atoms with van der Waals surface area (Å²) in [5.74, 6) is -0.967. The van der Waals surface area contributed by atoms with Gasteiger partial charge in [0.1, 0.15) is 0 Å². The van der Waals surface area contributed by atoms with E-state index in [2.05, 4.69) is 30.1 Å². The molecule has 0 unspecified atom stereocenters. The van der Waals surface area contributed by atoms with E-state index in [0.717, 1.165) is 11.9 Å². The zero-order chi connectivity index (χ0) is 13.9. The van der Waals surface area contributed by atoms with Crippen LogP contribution < -0.4 is 0 Å². The van der Waals surface area contributed by atoms with Crippen molar-refractivity contribution in [1.82, 2.24) is 4.98 Å². The fourth-order valence-electron chi connectivity index (χ4n) is 2.49. The Morgan fingerprint density at radius 1 is 1.05 bits per heavy atom. The number of para-hydroxylation sites is 1. The van der Waals surface area contributed by atoms with Crippen molar-refractivity contribution in [3.8, 4) is 0 Å². The monoisotopic (exact) mass is 263 g/mol. The van der Waals surface area contributed by atoms with Crippen molar-refractivity contribution in [2.45, 2.75) is 25.7 Å². The van der Waals surface area contributed by atoms with Gasteiger partial charge >= 0.3 is 0 Å². The van der Waals surface area contributed by atoms with Gasteiger partial charge in [-0.1, -0.05) is 18.2 Å². The third-order valence-electron chi connectivity index (χ3n) is 3.64. The van der Waals surface area contributed by atoms with E-state index in [4.69, 9.17) is 14.2 Å². The van der Waals surface area contributed by atoms with Gasteiger partial charge in [-0.05, 0) is 25.0 Å². The number of benzene rings is 1. The van der Waals surface area contributed by atoms with Crippen molar-refractivity contribution >= 4 is 10.9 Å². The molecule has 19 heavy (non-hydrogen) atoms. The van der Waals surface area contributed by atoms with E-state index in [9.17, 15) is 0 Å². The molecule has 0 spiro atoms. The molecule has 0 saturated heterocycles. The van der Waals surface area contributed by atoms with Crippen molar-refractivity contribution in [1.29, 1.82) is 0 Å². The SMILES string of the molecule is COC(CCc1c(C)[nH]c2ccccc12)(OC)OC. The average molecular weight is 263 g/mol. The minimum absolute atomic E-state index is 0.638. The highest BCUT2D eigenvalue weighted by Gasteiger charge is 2.29. The number of nitrogens with one attached hydrogen (secondary N) is 1. The Bertz CT molecular complexity index is 535. The van der Waals surface area contributed by atoms with E-state index < -0.39 is 5.97 Å². The van der Waals surface area contributed by atoms with Crippen LogP contribution in [0.1, 0.15) is 17.7 Å². The van der Waals surface area contributed by atoms with Crippen LogP contribution in [0.5, 0.6) is 0 Å². The molecule has 0 amide bonds. The normalized spacial score (nSPS) is 12.2. The molecule has 1 N–H and O–H groups in total. The lowest BCUT2D eigenvalue weighted by molar-refractivity contribution is -0.354. The lowest BCUT2D eigenvalue weighted by Gasteiger charge is -2.28. The predicted octanol–water partition coefficient (Wildman–Crippen LogP) is 3.00. The van der Waals surface area contributed by atoms with Crippen LogP contribution in [-0.2, 0) is 20.6 Å². The summed E-state index contributed by atoms with van der Waals surface area (Å²) in [6.07, 6.45) is 1.46. The highest BCUT2D eigenvalue weighted by Crippen LogP contribution is 2.27. The predicted molar refractivity (Wildman–Crippen MR) is 75.1 cm³/mol. The van der Waals surface area contributed by atoms with Gasteiger partial charge < -0.3 is 19.2 Å². The quantitative estimate of drug-likeness (QED) is 0.815. The Balaban J connectivity index is 2.24. The summed E-state index contributed by atoms with van der Waals surface area (Å²) in [6, 6.07) is 8.30. The number of fused-ring (bicyclic) bond motifs is 1. The van der Waals surface area contributed by atoms with Crippen LogP contribution in [0.3, 0.4) is 0 Å². The molecule has 1 aromatic heterocycles. The van der Waals surface area contributed by atoms with Gasteiger partial charge in [0.25, 0.3) is 5.97 Å². The number of aromatic nitrogens is 1. The second kappa shape index (κ2) is 5.74. The number of aryl methyl sites for hydroxylation is 2. The largest absolute Gasteiger partial charge is 0.358 e. The molecule has 0 aliphatic rings. The first-order valence-electron chi connectivity index (χ1n) is 6.37. The molecule has 1 aromatic carbocycles. The molecule has 1 heterocycles. The third-order valence-corrected chi connectivity index (χ3v) is 3.64. The van der Waals surface area contributed by atoms with Gasteiger partial charge in [0.2, 0.25) is 0 Å². The molecule has 0 fully saturated rings. The minimum Gasteiger partial charge on any atom is -0.358 e. The standard InChI is InChI=1S/C15H21NO3/c1-11-12(9-10-15(17-2,18-3)19-4)13-7-5-6-8-14(13)16-11/h5-8,16H,9-10H2,1-4H3. The zero-order valence-electron chi connectivity index (χ0n) is 11.9. The average Bonchev–Trinajstić information content (AvgIpc) is 2.77. The highest BCUT2D eigenvalue weighted by atomic mass is 16.9. The van der Waals surface area contributed by atoms with Gasteiger partial charge in [-0.3, -0.25) is 0 Å². The molecule has 2 aromatic rings. The van der Waals surface area contributed by atoms with E-state index >= 15 is 0 Å². The molecule has 0 radical (unpaired) electrons. The number of aromatic amines is 1. The van der Waals surface area contributed by atoms with E-state index in [1.54, 1.807) is 21.3 Å². The number of hydrogen-bond donors (Lipinski definition) is 1. The van der Waals surface area contributed by atoms with Crippen LogP contribution in [0.15, 0.2) is 24.3 Å². The van der Waals surface area contributed by atoms with Gasteiger partial charge in [-0.15, -0.1) is 0 Å². The maximum atomic E-state index is 5.33. The lowest BCUT2D eigenvalue weighted by Crippen LogP contribution is -2.36. The number of rotatable bonds is 6. The van der Waals surface area contributed by atoms with E-state index in [1.807, 2.05) is 6.07 Å². The Kier molecular flexibility index (Phi) is 4.24. The molecule has 0 aliphatic carbocycles. The third kappa shape index (κ3) is 2.66. The van der Waals surface area contributed by atoms with Crippen molar-refractivity contribution in [2.75, 3.05) is 21.3 Å². The lowest BCUT2D eigenvalue weighted by atomic mass is 10.0. The van der Waals surface area contributed by atoms with Crippen LogP contribution >= 0.6 is 0 Å². The number of ether oxygens (including phenoxy) is 3. The summed E-state index contributed by atoms with van der Waals surface area (Å²) in [4.78, 5) is 3.39. The Hall–Kier alpha value is -1.36. The van der Waals surface area contributed by atoms with Gasteiger partial charge in [0.05, 0.1) is 0 Å². The van der Waals surface area contributed by atoms with Crippen LogP contribution in [0.4, 0.5) is 0 Å². The molecule has 0 aliphatic heterocycles. The molecule has 4 nitrogen and oxygen atoms in total. The van der Waals surface area contributed by atoms with E-state index in [0.29, 0.717) is 6.42 Å². The maximum absolute atomic E-state index is 5.33. The Labute approximate surface area is 113 Å². The van der Waals surface area contributed by atoms with Gasteiger partial charge in [-0.2, -0.15) is 0 Å². The summed E-state index contributed by atoms with van der Waals surface area (Å²) in [5, 5.41) is 1.25. The number of H-pyrrole nitrogens is 1. The number of methoxy groups -OCH3 is 3. The van der Waals surface area contributed by atoms with Crippen molar-refractivity contribution in [3.63, 3.8) is 0 Å². The van der Waals surface area contributed by atoms with Gasteiger partial charge in [0.15, 0.2) is 0 Å². The molecular weight excluding hydrogens is 242 g/mol. The fraction of sp³-hybridized carbons (Fsp3) is 0.467. The molecule has 0 saturated carbocycles. The van der Waals surface area contributed by atoms with Gasteiger partial charge in [-0.25, -0.2) is 0 Å². The maximum Gasteiger partial charge on any atom is 0.282 e. The second-order valence-electron chi connectivity index (χ2n) is 4.57. The molecule has 4 heteroatoms. The molecule has 0 bridgehead atoms. The van der Waals surface area contributed by atoms with Crippen LogP contribution in [0, 0.1) is 6.92 Å². The summed E-state index contributed by atoms with van der Waals surface area (Å²) < 4.78 is 16.0. The summed E-state index contributed by atoms with van der Waals surface area (Å²) >= 11 is 0. The summed E-state index contributed by atoms with van der Waals surface area (Å²) in [7, 11) is 4.78. The van der Waals surface area contributed by atoms with E-state index in [-0.39, 0.29) is 0 Å². The van der Waals surface area contributed by atoms with Crippen LogP contribution in [-0.4, -0.2) is 32.3 Å². The fourth-order valence-corrected chi connectivity index (χ4v) is 2.49. The Morgan fingerprint density at radius 3 is 2.32 bits per heavy atom. The van der Waals surface area contributed by atoms with Crippen molar-refractivity contribution in [2.24, 2.45) is 0 Å².